The molecule has 2 aliphatic heterocycles. The number of sulfonamides is 1. The minimum absolute atomic E-state index is 0.253. The van der Waals surface area contributed by atoms with Crippen LogP contribution in [0.5, 0.6) is 0 Å². The summed E-state index contributed by atoms with van der Waals surface area (Å²) < 4.78 is 31.9. The molecule has 1 unspecified atom stereocenters. The molecule has 0 aliphatic carbocycles. The van der Waals surface area contributed by atoms with E-state index in [1.165, 1.54) is 0 Å². The van der Waals surface area contributed by atoms with Crippen molar-refractivity contribution in [3.05, 3.63) is 0 Å². The highest BCUT2D eigenvalue weighted by molar-refractivity contribution is 7.89. The minimum atomic E-state index is -3.13. The summed E-state index contributed by atoms with van der Waals surface area (Å²) in [6.45, 7) is 6.41. The molecule has 0 spiro atoms. The summed E-state index contributed by atoms with van der Waals surface area (Å²) in [6, 6.07) is 0. The number of nitrogens with one attached hydrogen (secondary N) is 2. The summed E-state index contributed by atoms with van der Waals surface area (Å²) in [4.78, 5) is 2.23. The van der Waals surface area contributed by atoms with Crippen LogP contribution in [-0.2, 0) is 14.8 Å². The molecule has 0 bridgehead atoms. The molecule has 2 saturated heterocycles. The minimum Gasteiger partial charge on any atom is -0.379 e. The summed E-state index contributed by atoms with van der Waals surface area (Å²) in [7, 11) is -3.13. The summed E-state index contributed by atoms with van der Waals surface area (Å²) in [6.07, 6.45) is 2.09. The van der Waals surface area contributed by atoms with E-state index in [9.17, 15) is 8.42 Å². The molecule has 2 aliphatic rings. The predicted molar refractivity (Wildman–Crippen MR) is 74.6 cm³/mol. The zero-order valence-corrected chi connectivity index (χ0v) is 12.3. The largest absolute Gasteiger partial charge is 0.379 e. The smallest absolute Gasteiger partial charge is 0.211 e. The van der Waals surface area contributed by atoms with Gasteiger partial charge >= 0.3 is 0 Å². The number of morpholine rings is 1. The quantitative estimate of drug-likeness (QED) is 0.673. The van der Waals surface area contributed by atoms with Crippen LogP contribution in [0.2, 0.25) is 0 Å². The third kappa shape index (κ3) is 5.74. The Kier molecular flexibility index (Phi) is 6.03. The first-order valence-electron chi connectivity index (χ1n) is 7.14. The van der Waals surface area contributed by atoms with Crippen molar-refractivity contribution in [3.63, 3.8) is 0 Å². The summed E-state index contributed by atoms with van der Waals surface area (Å²) >= 11 is 0. The lowest BCUT2D eigenvalue weighted by Crippen LogP contribution is -2.43. The van der Waals surface area contributed by atoms with Crippen LogP contribution in [0.1, 0.15) is 12.8 Å². The van der Waals surface area contributed by atoms with Crippen LogP contribution in [0.15, 0.2) is 0 Å². The van der Waals surface area contributed by atoms with Gasteiger partial charge in [-0.15, -0.1) is 0 Å². The van der Waals surface area contributed by atoms with Crippen molar-refractivity contribution in [2.75, 3.05) is 58.2 Å². The van der Waals surface area contributed by atoms with E-state index in [1.54, 1.807) is 0 Å². The molecule has 19 heavy (non-hydrogen) atoms. The molecule has 0 aromatic heterocycles. The molecule has 0 aromatic carbocycles. The average Bonchev–Trinajstić information content (AvgIpc) is 2.40. The van der Waals surface area contributed by atoms with Gasteiger partial charge in [-0.25, -0.2) is 13.1 Å². The fraction of sp³-hybridized carbons (Fsp3) is 1.00. The zero-order valence-electron chi connectivity index (χ0n) is 11.4. The Morgan fingerprint density at radius 3 is 2.79 bits per heavy atom. The first-order valence-corrected chi connectivity index (χ1v) is 8.79. The van der Waals surface area contributed by atoms with Crippen LogP contribution in [0.3, 0.4) is 0 Å². The van der Waals surface area contributed by atoms with Crippen LogP contribution < -0.4 is 10.0 Å². The van der Waals surface area contributed by atoms with Gasteiger partial charge in [0, 0.05) is 26.2 Å². The van der Waals surface area contributed by atoms with Crippen molar-refractivity contribution in [3.8, 4) is 0 Å². The van der Waals surface area contributed by atoms with Gasteiger partial charge in [0.1, 0.15) is 0 Å². The molecule has 0 amide bonds. The third-order valence-electron chi connectivity index (χ3n) is 3.71. The Morgan fingerprint density at radius 2 is 2.11 bits per heavy atom. The van der Waals surface area contributed by atoms with Gasteiger partial charge in [0.2, 0.25) is 10.0 Å². The topological polar surface area (TPSA) is 70.7 Å². The number of rotatable bonds is 6. The van der Waals surface area contributed by atoms with E-state index in [-0.39, 0.29) is 11.7 Å². The Bertz CT molecular complexity index is 349. The normalized spacial score (nSPS) is 26.4. The fourth-order valence-corrected chi connectivity index (χ4v) is 4.04. The van der Waals surface area contributed by atoms with Crippen molar-refractivity contribution in [1.29, 1.82) is 0 Å². The Labute approximate surface area is 115 Å². The molecule has 2 N–H and O–H groups in total. The molecular weight excluding hydrogens is 266 g/mol. The standard InChI is InChI=1S/C12H25N3O3S/c16-19(17,11-12-2-1-3-13-10-12)14-4-5-15-6-8-18-9-7-15/h12-14H,1-11H2. The maximum atomic E-state index is 12.0. The maximum Gasteiger partial charge on any atom is 0.211 e. The van der Waals surface area contributed by atoms with Crippen LogP contribution in [0, 0.1) is 5.92 Å². The highest BCUT2D eigenvalue weighted by Crippen LogP contribution is 2.11. The predicted octanol–water partition coefficient (Wildman–Crippen LogP) is -0.762. The SMILES string of the molecule is O=S(=O)(CC1CCCNC1)NCCN1CCOCC1. The molecule has 0 radical (unpaired) electrons. The highest BCUT2D eigenvalue weighted by atomic mass is 32.2. The number of hydrogen-bond acceptors (Lipinski definition) is 5. The van der Waals surface area contributed by atoms with E-state index in [4.69, 9.17) is 4.74 Å². The molecule has 1 atom stereocenters. The highest BCUT2D eigenvalue weighted by Gasteiger charge is 2.21. The number of ether oxygens (including phenoxy) is 1. The maximum absolute atomic E-state index is 12.0. The molecule has 0 aromatic rings. The van der Waals surface area contributed by atoms with E-state index in [2.05, 4.69) is 14.9 Å². The van der Waals surface area contributed by atoms with Crippen molar-refractivity contribution in [2.24, 2.45) is 5.92 Å². The second-order valence-electron chi connectivity index (χ2n) is 5.34. The Morgan fingerprint density at radius 1 is 1.32 bits per heavy atom. The lowest BCUT2D eigenvalue weighted by atomic mass is 10.0. The van der Waals surface area contributed by atoms with Crippen LogP contribution in [0.4, 0.5) is 0 Å². The molecule has 2 heterocycles. The summed E-state index contributed by atoms with van der Waals surface area (Å²) in [5, 5.41) is 3.25. The average molecular weight is 291 g/mol. The van der Waals surface area contributed by atoms with Gasteiger partial charge in [0.05, 0.1) is 19.0 Å². The van der Waals surface area contributed by atoms with E-state index in [0.717, 1.165) is 58.8 Å². The monoisotopic (exact) mass is 291 g/mol. The lowest BCUT2D eigenvalue weighted by Gasteiger charge is -2.27. The first-order chi connectivity index (χ1) is 9.16. The van der Waals surface area contributed by atoms with Gasteiger partial charge in [-0.2, -0.15) is 0 Å². The van der Waals surface area contributed by atoms with E-state index < -0.39 is 10.0 Å². The Hall–Kier alpha value is -0.210. The third-order valence-corrected chi connectivity index (χ3v) is 5.26. The molecule has 0 saturated carbocycles. The molecule has 2 rings (SSSR count). The van der Waals surface area contributed by atoms with E-state index in [0.29, 0.717) is 6.54 Å². The number of nitrogens with zero attached hydrogens (tertiary/aromatic N) is 1. The van der Waals surface area contributed by atoms with Gasteiger partial charge in [0.15, 0.2) is 0 Å². The molecule has 112 valence electrons. The number of piperidine rings is 1. The van der Waals surface area contributed by atoms with Crippen molar-refractivity contribution < 1.29 is 13.2 Å². The van der Waals surface area contributed by atoms with Gasteiger partial charge < -0.3 is 10.1 Å². The van der Waals surface area contributed by atoms with Gasteiger partial charge in [0.25, 0.3) is 0 Å². The Balaban J connectivity index is 1.65. The van der Waals surface area contributed by atoms with Gasteiger partial charge in [-0.3, -0.25) is 4.90 Å². The summed E-state index contributed by atoms with van der Waals surface area (Å²) in [5.74, 6) is 0.512. The van der Waals surface area contributed by atoms with Crippen molar-refractivity contribution in [2.45, 2.75) is 12.8 Å². The fourth-order valence-electron chi connectivity index (χ4n) is 2.62. The van der Waals surface area contributed by atoms with E-state index in [1.807, 2.05) is 0 Å². The van der Waals surface area contributed by atoms with Crippen molar-refractivity contribution >= 4 is 10.0 Å². The van der Waals surface area contributed by atoms with E-state index >= 15 is 0 Å². The second kappa shape index (κ2) is 7.54. The van der Waals surface area contributed by atoms with Crippen LogP contribution >= 0.6 is 0 Å². The molecule has 2 fully saturated rings. The number of hydrogen-bond donors (Lipinski definition) is 2. The van der Waals surface area contributed by atoms with Gasteiger partial charge in [-0.05, 0) is 31.8 Å². The van der Waals surface area contributed by atoms with Gasteiger partial charge in [-0.1, -0.05) is 0 Å². The van der Waals surface area contributed by atoms with Crippen molar-refractivity contribution in [1.82, 2.24) is 14.9 Å². The summed E-state index contributed by atoms with van der Waals surface area (Å²) in [5.41, 5.74) is 0. The lowest BCUT2D eigenvalue weighted by molar-refractivity contribution is 0.0390. The zero-order chi connectivity index (χ0) is 13.6. The molecule has 6 nitrogen and oxygen atoms in total. The van der Waals surface area contributed by atoms with Crippen LogP contribution in [0.25, 0.3) is 0 Å². The second-order valence-corrected chi connectivity index (χ2v) is 7.19. The van der Waals surface area contributed by atoms with Crippen LogP contribution in [-0.4, -0.2) is 71.6 Å². The molecular formula is C12H25N3O3S. The first kappa shape index (κ1) is 15.2. The molecule has 7 heteroatoms.